The second-order valence-corrected chi connectivity index (χ2v) is 8.10. The summed E-state index contributed by atoms with van der Waals surface area (Å²) in [5, 5.41) is 13.2. The number of hydrogen-bond acceptors (Lipinski definition) is 3. The number of nitrogens with one attached hydrogen (secondary N) is 1. The first kappa shape index (κ1) is 18.9. The summed E-state index contributed by atoms with van der Waals surface area (Å²) in [6.45, 7) is 13.3. The highest BCUT2D eigenvalue weighted by atomic mass is 16.3. The zero-order chi connectivity index (χ0) is 15.9. The lowest BCUT2D eigenvalue weighted by Gasteiger charge is -2.43. The summed E-state index contributed by atoms with van der Waals surface area (Å²) in [7, 11) is 2.21. The van der Waals surface area contributed by atoms with E-state index in [-0.39, 0.29) is 6.10 Å². The summed E-state index contributed by atoms with van der Waals surface area (Å²) < 4.78 is 0. The molecule has 0 heterocycles. The monoisotopic (exact) mass is 298 g/mol. The lowest BCUT2D eigenvalue weighted by Crippen LogP contribution is -2.46. The van der Waals surface area contributed by atoms with E-state index in [1.54, 1.807) is 0 Å². The van der Waals surface area contributed by atoms with Crippen molar-refractivity contribution in [1.82, 2.24) is 10.2 Å². The Labute approximate surface area is 132 Å². The SMILES string of the molecule is CC(C)CNCC1(CN(C)CCC(C)O)CCCC(C)C1. The molecular weight excluding hydrogens is 260 g/mol. The van der Waals surface area contributed by atoms with Gasteiger partial charge < -0.3 is 15.3 Å². The number of hydrogen-bond donors (Lipinski definition) is 2. The maximum atomic E-state index is 9.48. The average molecular weight is 299 g/mol. The molecule has 0 saturated heterocycles. The standard InChI is InChI=1S/C18H38N2O/c1-15(2)12-19-13-18(9-6-7-16(3)11-18)14-20(5)10-8-17(4)21/h15-17,19,21H,6-14H2,1-5H3. The van der Waals surface area contributed by atoms with Gasteiger partial charge in [-0.15, -0.1) is 0 Å². The summed E-state index contributed by atoms with van der Waals surface area (Å²) in [5.74, 6) is 1.57. The van der Waals surface area contributed by atoms with Crippen LogP contribution in [0, 0.1) is 17.3 Å². The number of aliphatic hydroxyl groups is 1. The second-order valence-electron chi connectivity index (χ2n) is 8.10. The molecule has 126 valence electrons. The van der Waals surface area contributed by atoms with Crippen molar-refractivity contribution < 1.29 is 5.11 Å². The Bertz CT molecular complexity index is 280. The summed E-state index contributed by atoms with van der Waals surface area (Å²) in [6.07, 6.45) is 6.14. The molecule has 1 aliphatic carbocycles. The maximum Gasteiger partial charge on any atom is 0.0524 e. The third kappa shape index (κ3) is 7.62. The average Bonchev–Trinajstić information content (AvgIpc) is 2.35. The summed E-state index contributed by atoms with van der Waals surface area (Å²) in [4.78, 5) is 2.43. The van der Waals surface area contributed by atoms with Crippen LogP contribution in [0.25, 0.3) is 0 Å². The Morgan fingerprint density at radius 2 is 2.05 bits per heavy atom. The predicted octanol–water partition coefficient (Wildman–Crippen LogP) is 3.13. The van der Waals surface area contributed by atoms with Crippen LogP contribution in [0.3, 0.4) is 0 Å². The van der Waals surface area contributed by atoms with E-state index in [0.717, 1.165) is 44.4 Å². The van der Waals surface area contributed by atoms with Crippen molar-refractivity contribution in [2.24, 2.45) is 17.3 Å². The molecule has 3 atom stereocenters. The van der Waals surface area contributed by atoms with E-state index in [4.69, 9.17) is 0 Å². The van der Waals surface area contributed by atoms with E-state index in [0.29, 0.717) is 5.41 Å². The molecule has 0 radical (unpaired) electrons. The first-order chi connectivity index (χ1) is 9.83. The minimum atomic E-state index is -0.187. The van der Waals surface area contributed by atoms with Crippen LogP contribution in [0.5, 0.6) is 0 Å². The molecule has 0 amide bonds. The van der Waals surface area contributed by atoms with Gasteiger partial charge in [0.25, 0.3) is 0 Å². The summed E-state index contributed by atoms with van der Waals surface area (Å²) >= 11 is 0. The van der Waals surface area contributed by atoms with Gasteiger partial charge in [-0.2, -0.15) is 0 Å². The molecule has 2 N–H and O–H groups in total. The van der Waals surface area contributed by atoms with Crippen LogP contribution in [0.2, 0.25) is 0 Å². The molecule has 0 aromatic rings. The lowest BCUT2D eigenvalue weighted by molar-refractivity contribution is 0.0820. The minimum Gasteiger partial charge on any atom is -0.393 e. The Hall–Kier alpha value is -0.120. The third-order valence-electron chi connectivity index (χ3n) is 4.77. The normalized spacial score (nSPS) is 28.3. The zero-order valence-electron chi connectivity index (χ0n) is 15.0. The van der Waals surface area contributed by atoms with E-state index in [1.165, 1.54) is 25.7 Å². The molecule has 0 aromatic heterocycles. The maximum absolute atomic E-state index is 9.48. The molecule has 3 heteroatoms. The van der Waals surface area contributed by atoms with E-state index >= 15 is 0 Å². The van der Waals surface area contributed by atoms with Gasteiger partial charge in [-0.1, -0.05) is 33.6 Å². The third-order valence-corrected chi connectivity index (χ3v) is 4.77. The van der Waals surface area contributed by atoms with E-state index in [1.807, 2.05) is 6.92 Å². The Morgan fingerprint density at radius 3 is 2.62 bits per heavy atom. The van der Waals surface area contributed by atoms with Crippen molar-refractivity contribution in [3.05, 3.63) is 0 Å². The van der Waals surface area contributed by atoms with Crippen molar-refractivity contribution >= 4 is 0 Å². The van der Waals surface area contributed by atoms with Gasteiger partial charge >= 0.3 is 0 Å². The van der Waals surface area contributed by atoms with Gasteiger partial charge in [-0.25, -0.2) is 0 Å². The van der Waals surface area contributed by atoms with Crippen LogP contribution < -0.4 is 5.32 Å². The van der Waals surface area contributed by atoms with Crippen molar-refractivity contribution in [2.45, 2.75) is 65.9 Å². The number of nitrogens with zero attached hydrogens (tertiary/aromatic N) is 1. The fourth-order valence-corrected chi connectivity index (χ4v) is 3.81. The molecule has 1 rings (SSSR count). The highest BCUT2D eigenvalue weighted by molar-refractivity contribution is 4.89. The molecule has 0 spiro atoms. The highest BCUT2D eigenvalue weighted by Gasteiger charge is 2.35. The molecule has 1 aliphatic rings. The topological polar surface area (TPSA) is 35.5 Å². The quantitative estimate of drug-likeness (QED) is 0.686. The van der Waals surface area contributed by atoms with Gasteiger partial charge in [0.15, 0.2) is 0 Å². The first-order valence-corrected chi connectivity index (χ1v) is 8.90. The molecular formula is C18H38N2O. The molecule has 21 heavy (non-hydrogen) atoms. The van der Waals surface area contributed by atoms with E-state index < -0.39 is 0 Å². The fraction of sp³-hybridized carbons (Fsp3) is 1.00. The highest BCUT2D eigenvalue weighted by Crippen LogP contribution is 2.39. The Balaban J connectivity index is 2.54. The molecule has 3 unspecified atom stereocenters. The zero-order valence-corrected chi connectivity index (χ0v) is 15.0. The molecule has 1 saturated carbocycles. The van der Waals surface area contributed by atoms with E-state index in [9.17, 15) is 5.11 Å². The van der Waals surface area contributed by atoms with Gasteiger partial charge in [0.2, 0.25) is 0 Å². The largest absolute Gasteiger partial charge is 0.393 e. The van der Waals surface area contributed by atoms with Crippen LogP contribution in [0.15, 0.2) is 0 Å². The van der Waals surface area contributed by atoms with E-state index in [2.05, 4.69) is 38.0 Å². The van der Waals surface area contributed by atoms with Gasteiger partial charge in [-0.05, 0) is 57.0 Å². The Kier molecular flexibility index (Phi) is 8.22. The van der Waals surface area contributed by atoms with Crippen molar-refractivity contribution in [3.63, 3.8) is 0 Å². The van der Waals surface area contributed by atoms with Crippen LogP contribution in [0.1, 0.15) is 59.8 Å². The number of rotatable bonds is 9. The molecule has 3 nitrogen and oxygen atoms in total. The molecule has 0 aromatic carbocycles. The summed E-state index contributed by atoms with van der Waals surface area (Å²) in [6, 6.07) is 0. The predicted molar refractivity (Wildman–Crippen MR) is 91.6 cm³/mol. The first-order valence-electron chi connectivity index (χ1n) is 8.90. The lowest BCUT2D eigenvalue weighted by atomic mass is 9.69. The van der Waals surface area contributed by atoms with Gasteiger partial charge in [0, 0.05) is 19.6 Å². The summed E-state index contributed by atoms with van der Waals surface area (Å²) in [5.41, 5.74) is 0.431. The van der Waals surface area contributed by atoms with Crippen molar-refractivity contribution in [2.75, 3.05) is 33.2 Å². The van der Waals surface area contributed by atoms with Gasteiger partial charge in [0.05, 0.1) is 6.10 Å². The molecule has 0 aliphatic heterocycles. The van der Waals surface area contributed by atoms with Crippen LogP contribution in [0.4, 0.5) is 0 Å². The fourth-order valence-electron chi connectivity index (χ4n) is 3.81. The van der Waals surface area contributed by atoms with Gasteiger partial charge in [0.1, 0.15) is 0 Å². The van der Waals surface area contributed by atoms with Crippen molar-refractivity contribution in [3.8, 4) is 0 Å². The minimum absolute atomic E-state index is 0.187. The van der Waals surface area contributed by atoms with Gasteiger partial charge in [-0.3, -0.25) is 0 Å². The van der Waals surface area contributed by atoms with Crippen LogP contribution >= 0.6 is 0 Å². The second kappa shape index (κ2) is 9.12. The van der Waals surface area contributed by atoms with Crippen LogP contribution in [-0.2, 0) is 0 Å². The molecule has 0 bridgehead atoms. The smallest absolute Gasteiger partial charge is 0.0524 e. The number of aliphatic hydroxyl groups excluding tert-OH is 1. The Morgan fingerprint density at radius 1 is 1.33 bits per heavy atom. The molecule has 1 fully saturated rings. The van der Waals surface area contributed by atoms with Crippen molar-refractivity contribution in [1.29, 1.82) is 0 Å². The van der Waals surface area contributed by atoms with Crippen LogP contribution in [-0.4, -0.2) is 49.3 Å².